The summed E-state index contributed by atoms with van der Waals surface area (Å²) in [5.74, 6) is 1.81. The first-order valence-electron chi connectivity index (χ1n) is 8.58. The van der Waals surface area contributed by atoms with Crippen LogP contribution in [0.3, 0.4) is 0 Å². The Morgan fingerprint density at radius 1 is 1.29 bits per heavy atom. The molecule has 132 valence electrons. The van der Waals surface area contributed by atoms with Crippen LogP contribution in [0.5, 0.6) is 11.5 Å². The Morgan fingerprint density at radius 3 is 2.75 bits per heavy atom. The molecule has 1 aromatic carbocycles. The molecule has 0 unspecified atom stereocenters. The van der Waals surface area contributed by atoms with Crippen molar-refractivity contribution in [2.75, 3.05) is 27.5 Å². The van der Waals surface area contributed by atoms with Crippen LogP contribution < -0.4 is 9.47 Å². The van der Waals surface area contributed by atoms with Gasteiger partial charge in [-0.1, -0.05) is 0 Å². The number of aliphatic hydroxyl groups is 2. The predicted octanol–water partition coefficient (Wildman–Crippen LogP) is 1.09. The fourth-order valence-electron chi connectivity index (χ4n) is 4.86. The standard InChI is InChI=1S/C18H25NO5/c1-19-4-3-10-5-13(21)18(22-2)16(17(10)19)12-7-15-14(23-9-24-15)6-11(12)8-20/h6-7,10,13,16-18,20-21H,3-5,8-9H2,1-2H3/t10-,13+,16-,17-,18+/m0/s1. The molecule has 0 spiro atoms. The maximum absolute atomic E-state index is 10.6. The third kappa shape index (κ3) is 2.40. The van der Waals surface area contributed by atoms with Crippen molar-refractivity contribution in [2.45, 2.75) is 43.6 Å². The van der Waals surface area contributed by atoms with E-state index < -0.39 is 6.10 Å². The van der Waals surface area contributed by atoms with E-state index in [0.717, 1.165) is 30.5 Å². The Bertz CT molecular complexity index is 622. The summed E-state index contributed by atoms with van der Waals surface area (Å²) in [6.45, 7) is 1.15. The van der Waals surface area contributed by atoms with Gasteiger partial charge in [-0.25, -0.2) is 0 Å². The Hall–Kier alpha value is -1.34. The van der Waals surface area contributed by atoms with Crippen molar-refractivity contribution in [1.82, 2.24) is 4.90 Å². The summed E-state index contributed by atoms with van der Waals surface area (Å²) in [6, 6.07) is 4.12. The second-order valence-corrected chi connectivity index (χ2v) is 7.11. The number of aliphatic hydroxyl groups excluding tert-OH is 2. The summed E-state index contributed by atoms with van der Waals surface area (Å²) in [5.41, 5.74) is 1.82. The maximum atomic E-state index is 10.6. The molecule has 5 atom stereocenters. The number of nitrogens with zero attached hydrogens (tertiary/aromatic N) is 1. The summed E-state index contributed by atoms with van der Waals surface area (Å²) < 4.78 is 16.7. The SMILES string of the molecule is CO[C@H]1[C@@H](c2cc3c(cc2CO)OCO3)[C@@H]2[C@@H](CCN2C)C[C@H]1O. The first kappa shape index (κ1) is 16.1. The average Bonchev–Trinajstić information content (AvgIpc) is 3.18. The van der Waals surface area contributed by atoms with Crippen molar-refractivity contribution >= 4 is 0 Å². The van der Waals surface area contributed by atoms with Gasteiger partial charge in [0.1, 0.15) is 0 Å². The van der Waals surface area contributed by atoms with Crippen molar-refractivity contribution in [2.24, 2.45) is 5.92 Å². The van der Waals surface area contributed by atoms with Gasteiger partial charge in [0.25, 0.3) is 0 Å². The van der Waals surface area contributed by atoms with E-state index in [9.17, 15) is 10.2 Å². The smallest absolute Gasteiger partial charge is 0.231 e. The van der Waals surface area contributed by atoms with Crippen LogP contribution >= 0.6 is 0 Å². The molecule has 1 saturated heterocycles. The van der Waals surface area contributed by atoms with Gasteiger partial charge in [-0.3, -0.25) is 0 Å². The van der Waals surface area contributed by atoms with E-state index in [-0.39, 0.29) is 25.4 Å². The fraction of sp³-hybridized carbons (Fsp3) is 0.667. The van der Waals surface area contributed by atoms with Gasteiger partial charge in [-0.15, -0.1) is 0 Å². The molecule has 1 saturated carbocycles. The number of ether oxygens (including phenoxy) is 3. The lowest BCUT2D eigenvalue weighted by Gasteiger charge is -2.45. The van der Waals surface area contributed by atoms with Crippen LogP contribution in [0.2, 0.25) is 0 Å². The molecule has 2 fully saturated rings. The molecule has 2 N–H and O–H groups in total. The number of likely N-dealkylation sites (N-methyl/N-ethyl adjacent to an activating group) is 1. The predicted molar refractivity (Wildman–Crippen MR) is 87.2 cm³/mol. The van der Waals surface area contributed by atoms with Gasteiger partial charge in [0, 0.05) is 19.1 Å². The van der Waals surface area contributed by atoms with Gasteiger partial charge in [0.2, 0.25) is 6.79 Å². The minimum Gasteiger partial charge on any atom is -0.454 e. The first-order valence-corrected chi connectivity index (χ1v) is 8.58. The highest BCUT2D eigenvalue weighted by atomic mass is 16.7. The molecule has 2 aliphatic heterocycles. The normalized spacial score (nSPS) is 35.2. The summed E-state index contributed by atoms with van der Waals surface area (Å²) in [4.78, 5) is 2.36. The lowest BCUT2D eigenvalue weighted by atomic mass is 9.70. The maximum Gasteiger partial charge on any atom is 0.231 e. The van der Waals surface area contributed by atoms with E-state index in [1.165, 1.54) is 0 Å². The van der Waals surface area contributed by atoms with E-state index in [2.05, 4.69) is 11.9 Å². The Labute approximate surface area is 141 Å². The molecule has 6 nitrogen and oxygen atoms in total. The second-order valence-electron chi connectivity index (χ2n) is 7.11. The first-order chi connectivity index (χ1) is 11.6. The second kappa shape index (κ2) is 6.19. The van der Waals surface area contributed by atoms with E-state index >= 15 is 0 Å². The van der Waals surface area contributed by atoms with Crippen molar-refractivity contribution in [3.05, 3.63) is 23.3 Å². The van der Waals surface area contributed by atoms with Crippen LogP contribution in [-0.2, 0) is 11.3 Å². The van der Waals surface area contributed by atoms with Gasteiger partial charge in [-0.2, -0.15) is 0 Å². The summed E-state index contributed by atoms with van der Waals surface area (Å²) >= 11 is 0. The zero-order valence-electron chi connectivity index (χ0n) is 14.1. The van der Waals surface area contributed by atoms with Crippen LogP contribution in [0, 0.1) is 5.92 Å². The summed E-state index contributed by atoms with van der Waals surface area (Å²) in [7, 11) is 3.79. The molecule has 4 rings (SSSR count). The van der Waals surface area contributed by atoms with Crippen molar-refractivity contribution in [3.63, 3.8) is 0 Å². The molecule has 6 heteroatoms. The largest absolute Gasteiger partial charge is 0.454 e. The van der Waals surface area contributed by atoms with Crippen LogP contribution in [0.15, 0.2) is 12.1 Å². The topological polar surface area (TPSA) is 71.4 Å². The quantitative estimate of drug-likeness (QED) is 0.862. The number of fused-ring (bicyclic) bond motifs is 2. The van der Waals surface area contributed by atoms with Crippen LogP contribution in [0.1, 0.15) is 29.9 Å². The van der Waals surface area contributed by atoms with E-state index in [0.29, 0.717) is 23.5 Å². The Morgan fingerprint density at radius 2 is 2.04 bits per heavy atom. The summed E-state index contributed by atoms with van der Waals surface area (Å²) in [5, 5.41) is 20.5. The molecular weight excluding hydrogens is 310 g/mol. The van der Waals surface area contributed by atoms with Crippen molar-refractivity contribution in [3.8, 4) is 11.5 Å². The Balaban J connectivity index is 1.82. The molecule has 24 heavy (non-hydrogen) atoms. The highest BCUT2D eigenvalue weighted by Crippen LogP contribution is 2.48. The number of methoxy groups -OCH3 is 1. The molecule has 1 aromatic rings. The minimum atomic E-state index is -0.496. The lowest BCUT2D eigenvalue weighted by molar-refractivity contribution is -0.0789. The molecule has 1 aliphatic carbocycles. The third-order valence-corrected chi connectivity index (χ3v) is 5.93. The van der Waals surface area contributed by atoms with Gasteiger partial charge < -0.3 is 29.3 Å². The number of hydrogen-bond donors (Lipinski definition) is 2. The molecule has 0 amide bonds. The number of benzene rings is 1. The third-order valence-electron chi connectivity index (χ3n) is 5.93. The van der Waals surface area contributed by atoms with Gasteiger partial charge >= 0.3 is 0 Å². The van der Waals surface area contributed by atoms with Gasteiger partial charge in [-0.05, 0) is 55.6 Å². The van der Waals surface area contributed by atoms with Crippen molar-refractivity contribution in [1.29, 1.82) is 0 Å². The van der Waals surface area contributed by atoms with E-state index in [1.54, 1.807) is 7.11 Å². The van der Waals surface area contributed by atoms with Crippen LogP contribution in [0.25, 0.3) is 0 Å². The monoisotopic (exact) mass is 335 g/mol. The molecule has 0 bridgehead atoms. The zero-order chi connectivity index (χ0) is 16.8. The highest BCUT2D eigenvalue weighted by molar-refractivity contribution is 5.50. The molecule has 2 heterocycles. The number of rotatable bonds is 3. The lowest BCUT2D eigenvalue weighted by Crippen LogP contribution is -2.51. The summed E-state index contributed by atoms with van der Waals surface area (Å²) in [6.07, 6.45) is 1.06. The van der Waals surface area contributed by atoms with E-state index in [4.69, 9.17) is 14.2 Å². The molecule has 0 aromatic heterocycles. The van der Waals surface area contributed by atoms with Crippen LogP contribution in [-0.4, -0.2) is 60.9 Å². The zero-order valence-corrected chi connectivity index (χ0v) is 14.1. The van der Waals surface area contributed by atoms with Gasteiger partial charge in [0.15, 0.2) is 11.5 Å². The molecular formula is C18H25NO5. The molecule has 0 radical (unpaired) electrons. The minimum absolute atomic E-state index is 0.00657. The Kier molecular flexibility index (Phi) is 4.16. The average molecular weight is 335 g/mol. The van der Waals surface area contributed by atoms with Crippen LogP contribution in [0.4, 0.5) is 0 Å². The van der Waals surface area contributed by atoms with Crippen molar-refractivity contribution < 1.29 is 24.4 Å². The number of hydrogen-bond acceptors (Lipinski definition) is 6. The fourth-order valence-corrected chi connectivity index (χ4v) is 4.86. The van der Waals surface area contributed by atoms with Gasteiger partial charge in [0.05, 0.1) is 18.8 Å². The molecule has 3 aliphatic rings. The van der Waals surface area contributed by atoms with E-state index in [1.807, 2.05) is 12.1 Å². The highest BCUT2D eigenvalue weighted by Gasteiger charge is 2.50. The number of likely N-dealkylation sites (tertiary alicyclic amines) is 1.